The SMILES string of the molecule is C[SH](C)NCC1CCCN(c2ncnc3cc(C(F)(F)F)ccc23)C1. The predicted molar refractivity (Wildman–Crippen MR) is 98.3 cm³/mol. The Hall–Kier alpha value is -1.54. The van der Waals surface area contributed by atoms with E-state index in [1.54, 1.807) is 0 Å². The van der Waals surface area contributed by atoms with Crippen molar-refractivity contribution in [3.05, 3.63) is 30.1 Å². The standard InChI is InChI=1S/C17H23F3N4S/c1-25(2)23-9-12-4-3-7-24(10-12)16-14-6-5-13(17(18,19)20)8-15(14)21-11-22-16/h5-6,8,11-12,23,25H,3-4,7,9-10H2,1-2H3. The van der Waals surface area contributed by atoms with Gasteiger partial charge in [-0.05, 0) is 49.5 Å². The van der Waals surface area contributed by atoms with Crippen LogP contribution in [0.3, 0.4) is 0 Å². The van der Waals surface area contributed by atoms with Crippen LogP contribution in [0.25, 0.3) is 10.9 Å². The van der Waals surface area contributed by atoms with E-state index in [0.29, 0.717) is 16.8 Å². The normalized spacial score (nSPS) is 19.3. The van der Waals surface area contributed by atoms with Gasteiger partial charge in [-0.2, -0.15) is 13.2 Å². The minimum absolute atomic E-state index is 0.138. The van der Waals surface area contributed by atoms with Crippen LogP contribution in [0.1, 0.15) is 18.4 Å². The summed E-state index contributed by atoms with van der Waals surface area (Å²) in [5.41, 5.74) is -0.338. The van der Waals surface area contributed by atoms with Gasteiger partial charge in [0.2, 0.25) is 0 Å². The number of hydrogen-bond donors (Lipinski definition) is 2. The Morgan fingerprint density at radius 3 is 2.80 bits per heavy atom. The van der Waals surface area contributed by atoms with Crippen LogP contribution in [0.4, 0.5) is 19.0 Å². The van der Waals surface area contributed by atoms with Crippen molar-refractivity contribution in [3.8, 4) is 0 Å². The van der Waals surface area contributed by atoms with Gasteiger partial charge in [-0.1, -0.05) is 0 Å². The first-order valence-corrected chi connectivity index (χ1v) is 10.6. The van der Waals surface area contributed by atoms with Gasteiger partial charge in [0.25, 0.3) is 0 Å². The Balaban J connectivity index is 1.85. The van der Waals surface area contributed by atoms with Crippen molar-refractivity contribution in [1.29, 1.82) is 0 Å². The Kier molecular flexibility index (Phi) is 5.38. The van der Waals surface area contributed by atoms with E-state index in [-0.39, 0.29) is 11.1 Å². The van der Waals surface area contributed by atoms with Crippen molar-refractivity contribution >= 4 is 27.8 Å². The molecule has 1 aliphatic heterocycles. The third-order valence-electron chi connectivity index (χ3n) is 4.46. The number of thiol groups is 1. The number of fused-ring (bicyclic) bond motifs is 1. The molecule has 0 saturated carbocycles. The molecule has 138 valence electrons. The highest BCUT2D eigenvalue weighted by Crippen LogP contribution is 2.33. The zero-order valence-electron chi connectivity index (χ0n) is 14.3. The van der Waals surface area contributed by atoms with Crippen LogP contribution < -0.4 is 9.62 Å². The molecule has 3 rings (SSSR count). The number of benzene rings is 1. The molecule has 0 aliphatic carbocycles. The van der Waals surface area contributed by atoms with Gasteiger partial charge in [-0.25, -0.2) is 21.0 Å². The van der Waals surface area contributed by atoms with Crippen molar-refractivity contribution in [1.82, 2.24) is 14.7 Å². The van der Waals surface area contributed by atoms with Crippen molar-refractivity contribution in [3.63, 3.8) is 0 Å². The van der Waals surface area contributed by atoms with Crippen LogP contribution >= 0.6 is 11.1 Å². The lowest BCUT2D eigenvalue weighted by atomic mass is 9.98. The first kappa shape index (κ1) is 18.3. The molecule has 1 unspecified atom stereocenters. The molecule has 0 spiro atoms. The van der Waals surface area contributed by atoms with Crippen LogP contribution in [0.15, 0.2) is 24.5 Å². The minimum Gasteiger partial charge on any atom is -0.356 e. The zero-order valence-corrected chi connectivity index (χ0v) is 15.2. The molecule has 0 amide bonds. The first-order valence-electron chi connectivity index (χ1n) is 8.32. The van der Waals surface area contributed by atoms with E-state index in [1.807, 2.05) is 0 Å². The molecule has 4 nitrogen and oxygen atoms in total. The molecular weight excluding hydrogens is 349 g/mol. The number of piperidine rings is 1. The maximum Gasteiger partial charge on any atom is 0.416 e. The second kappa shape index (κ2) is 7.37. The average Bonchev–Trinajstić information content (AvgIpc) is 2.58. The predicted octanol–water partition coefficient (Wildman–Crippen LogP) is 3.63. The van der Waals surface area contributed by atoms with E-state index in [2.05, 4.69) is 32.1 Å². The van der Waals surface area contributed by atoms with Crippen molar-refractivity contribution in [2.24, 2.45) is 5.92 Å². The Bertz CT molecular complexity index is 735. The monoisotopic (exact) mass is 372 g/mol. The summed E-state index contributed by atoms with van der Waals surface area (Å²) >= 11 is -0.138. The third kappa shape index (κ3) is 4.36. The van der Waals surface area contributed by atoms with Gasteiger partial charge in [0.15, 0.2) is 0 Å². The number of nitrogens with one attached hydrogen (secondary N) is 1. The van der Waals surface area contributed by atoms with Crippen LogP contribution in [-0.2, 0) is 6.18 Å². The lowest BCUT2D eigenvalue weighted by Gasteiger charge is -2.34. The number of alkyl halides is 3. The number of halogens is 3. The minimum atomic E-state index is -4.36. The number of aromatic nitrogens is 2. The van der Waals surface area contributed by atoms with Gasteiger partial charge in [-0.15, -0.1) is 0 Å². The van der Waals surface area contributed by atoms with E-state index >= 15 is 0 Å². The largest absolute Gasteiger partial charge is 0.416 e. The topological polar surface area (TPSA) is 41.0 Å². The molecule has 0 bridgehead atoms. The highest BCUT2D eigenvalue weighted by Gasteiger charge is 2.31. The molecule has 1 aliphatic rings. The Labute approximate surface area is 148 Å². The molecule has 0 radical (unpaired) electrons. The van der Waals surface area contributed by atoms with Gasteiger partial charge in [0, 0.05) is 25.0 Å². The number of hydrogen-bond acceptors (Lipinski definition) is 4. The fourth-order valence-corrected chi connectivity index (χ4v) is 3.83. The highest BCUT2D eigenvalue weighted by molar-refractivity contribution is 8.14. The Morgan fingerprint density at radius 1 is 1.28 bits per heavy atom. The Morgan fingerprint density at radius 2 is 2.08 bits per heavy atom. The summed E-state index contributed by atoms with van der Waals surface area (Å²) in [4.78, 5) is 10.6. The molecule has 1 fully saturated rings. The van der Waals surface area contributed by atoms with E-state index in [0.717, 1.165) is 50.4 Å². The molecule has 1 aromatic heterocycles. The van der Waals surface area contributed by atoms with Crippen molar-refractivity contribution in [2.75, 3.05) is 37.0 Å². The van der Waals surface area contributed by atoms with Gasteiger partial charge in [0.05, 0.1) is 11.1 Å². The molecular formula is C17H23F3N4S. The van der Waals surface area contributed by atoms with Crippen molar-refractivity contribution in [2.45, 2.75) is 19.0 Å². The summed E-state index contributed by atoms with van der Waals surface area (Å²) < 4.78 is 42.3. The van der Waals surface area contributed by atoms with E-state index in [1.165, 1.54) is 12.4 Å². The second-order valence-corrected chi connectivity index (χ2v) is 8.74. The summed E-state index contributed by atoms with van der Waals surface area (Å²) in [5, 5.41) is 0.678. The van der Waals surface area contributed by atoms with Crippen molar-refractivity contribution < 1.29 is 13.2 Å². The molecule has 1 atom stereocenters. The lowest BCUT2D eigenvalue weighted by Crippen LogP contribution is -2.39. The second-order valence-electron chi connectivity index (χ2n) is 6.64. The molecule has 1 aromatic carbocycles. The number of anilines is 1. The van der Waals surface area contributed by atoms with Gasteiger partial charge in [0.1, 0.15) is 12.1 Å². The lowest BCUT2D eigenvalue weighted by molar-refractivity contribution is -0.137. The van der Waals surface area contributed by atoms with E-state index in [9.17, 15) is 13.2 Å². The summed E-state index contributed by atoms with van der Waals surface area (Å²) in [5.74, 6) is 1.26. The molecule has 2 heterocycles. The summed E-state index contributed by atoms with van der Waals surface area (Å²) in [6.45, 7) is 2.70. The first-order chi connectivity index (χ1) is 11.8. The average molecular weight is 372 g/mol. The molecule has 1 N–H and O–H groups in total. The smallest absolute Gasteiger partial charge is 0.356 e. The van der Waals surface area contributed by atoms with Crippen LogP contribution in [0, 0.1) is 5.92 Å². The highest BCUT2D eigenvalue weighted by atomic mass is 32.2. The summed E-state index contributed by atoms with van der Waals surface area (Å²) in [6, 6.07) is 3.71. The van der Waals surface area contributed by atoms with Gasteiger partial charge < -0.3 is 4.90 Å². The molecule has 2 aromatic rings. The van der Waals surface area contributed by atoms with Gasteiger partial charge in [-0.3, -0.25) is 4.72 Å². The maximum atomic E-state index is 12.9. The van der Waals surface area contributed by atoms with Crippen LogP contribution in [-0.4, -0.2) is 42.1 Å². The zero-order chi connectivity index (χ0) is 18.0. The summed E-state index contributed by atoms with van der Waals surface area (Å²) in [7, 11) is 0. The van der Waals surface area contributed by atoms with E-state index < -0.39 is 11.7 Å². The van der Waals surface area contributed by atoms with E-state index in [4.69, 9.17) is 0 Å². The fraction of sp³-hybridized carbons (Fsp3) is 0.529. The molecule has 25 heavy (non-hydrogen) atoms. The molecule has 8 heteroatoms. The molecule has 1 saturated heterocycles. The van der Waals surface area contributed by atoms with Crippen LogP contribution in [0.5, 0.6) is 0 Å². The quantitative estimate of drug-likeness (QED) is 0.804. The summed E-state index contributed by atoms with van der Waals surface area (Å²) in [6.07, 6.45) is 3.59. The van der Waals surface area contributed by atoms with Crippen LogP contribution in [0.2, 0.25) is 0 Å². The number of rotatable bonds is 4. The number of nitrogens with zero attached hydrogens (tertiary/aromatic N) is 3. The maximum absolute atomic E-state index is 12.9. The van der Waals surface area contributed by atoms with Gasteiger partial charge >= 0.3 is 6.18 Å². The third-order valence-corrected chi connectivity index (χ3v) is 5.27. The fourth-order valence-electron chi connectivity index (χ4n) is 3.21.